The lowest BCUT2D eigenvalue weighted by Gasteiger charge is -1.98. The first-order valence-corrected chi connectivity index (χ1v) is 2.25. The van der Waals surface area contributed by atoms with E-state index < -0.39 is 19.6 Å². The molecule has 2 N–H and O–H groups in total. The molecule has 56 valence electrons. The van der Waals surface area contributed by atoms with E-state index in [1.165, 1.54) is 0 Å². The monoisotopic (exact) mass is 150 g/mol. The Hall–Kier alpha value is -0.665. The van der Waals surface area contributed by atoms with Crippen molar-refractivity contribution in [2.24, 2.45) is 0 Å². The summed E-state index contributed by atoms with van der Waals surface area (Å²) < 4.78 is 3.92. The lowest BCUT2D eigenvalue weighted by molar-refractivity contribution is -0.183. The van der Waals surface area contributed by atoms with Crippen LogP contribution in [-0.2, 0) is 24.0 Å². The van der Waals surface area contributed by atoms with Crippen molar-refractivity contribution in [3.8, 4) is 0 Å². The number of hydrogen-bond donors (Lipinski definition) is 2. The van der Waals surface area contributed by atoms with Crippen LogP contribution in [0, 0.1) is 0 Å². The Morgan fingerprint density at radius 1 is 1.60 bits per heavy atom. The molecule has 1 rings (SSSR count). The van der Waals surface area contributed by atoms with Gasteiger partial charge in [0.1, 0.15) is 0 Å². The van der Waals surface area contributed by atoms with Crippen molar-refractivity contribution in [1.82, 2.24) is 0 Å². The Balaban J connectivity index is 2.16. The standard InChI is InChI=1S/C2H3BO7/c4-1(2-8-9-2)7-3(5)10-6/h2,5-6H. The van der Waals surface area contributed by atoms with E-state index in [0.29, 0.717) is 0 Å². The average molecular weight is 150 g/mol. The van der Waals surface area contributed by atoms with Gasteiger partial charge >= 0.3 is 19.6 Å². The van der Waals surface area contributed by atoms with Crippen LogP contribution < -0.4 is 0 Å². The zero-order chi connectivity index (χ0) is 7.56. The molecule has 0 radical (unpaired) electrons. The van der Waals surface area contributed by atoms with E-state index in [-0.39, 0.29) is 0 Å². The zero-order valence-electron chi connectivity index (χ0n) is 4.59. The van der Waals surface area contributed by atoms with Crippen molar-refractivity contribution in [2.75, 3.05) is 0 Å². The van der Waals surface area contributed by atoms with E-state index in [1.807, 2.05) is 0 Å². The average Bonchev–Trinajstić information content (AvgIpc) is 2.68. The van der Waals surface area contributed by atoms with Gasteiger partial charge in [-0.3, -0.25) is 5.26 Å². The van der Waals surface area contributed by atoms with Gasteiger partial charge in [0.05, 0.1) is 0 Å². The van der Waals surface area contributed by atoms with Crippen LogP contribution in [-0.4, -0.2) is 29.9 Å². The molecule has 0 aromatic heterocycles. The van der Waals surface area contributed by atoms with Crippen LogP contribution in [0.15, 0.2) is 0 Å². The molecular formula is C2H3BO7. The van der Waals surface area contributed by atoms with Gasteiger partial charge in [-0.05, 0) is 0 Å². The van der Waals surface area contributed by atoms with Crippen molar-refractivity contribution < 1.29 is 34.3 Å². The summed E-state index contributed by atoms with van der Waals surface area (Å²) in [4.78, 5) is 21.5. The third-order valence-corrected chi connectivity index (χ3v) is 0.692. The number of rotatable bonds is 3. The van der Waals surface area contributed by atoms with E-state index in [4.69, 9.17) is 10.3 Å². The molecule has 7 nitrogen and oxygen atoms in total. The Kier molecular flexibility index (Phi) is 2.19. The topological polar surface area (TPSA) is 101 Å². The van der Waals surface area contributed by atoms with Gasteiger partial charge in [-0.1, -0.05) is 0 Å². The maximum Gasteiger partial charge on any atom is 0.740 e. The van der Waals surface area contributed by atoms with Gasteiger partial charge in [0.2, 0.25) is 0 Å². The molecule has 1 aliphatic rings. The molecule has 0 aromatic carbocycles. The van der Waals surface area contributed by atoms with Gasteiger partial charge < -0.3 is 9.68 Å². The Morgan fingerprint density at radius 3 is 2.60 bits per heavy atom. The molecule has 1 saturated heterocycles. The highest BCUT2D eigenvalue weighted by Gasteiger charge is 2.39. The quantitative estimate of drug-likeness (QED) is 0.213. The van der Waals surface area contributed by atoms with Crippen molar-refractivity contribution in [3.63, 3.8) is 0 Å². The molecule has 10 heavy (non-hydrogen) atoms. The second-order valence-corrected chi connectivity index (χ2v) is 1.37. The zero-order valence-corrected chi connectivity index (χ0v) is 4.59. The van der Waals surface area contributed by atoms with Crippen LogP contribution in [0.25, 0.3) is 0 Å². The molecule has 0 unspecified atom stereocenters. The maximum atomic E-state index is 10.4. The second-order valence-electron chi connectivity index (χ2n) is 1.37. The smallest absolute Gasteiger partial charge is 0.480 e. The highest BCUT2D eigenvalue weighted by Crippen LogP contribution is 2.13. The van der Waals surface area contributed by atoms with Gasteiger partial charge in [-0.25, -0.2) is 9.60 Å². The van der Waals surface area contributed by atoms with E-state index >= 15 is 0 Å². The van der Waals surface area contributed by atoms with Crippen LogP contribution in [0.5, 0.6) is 0 Å². The van der Waals surface area contributed by atoms with Gasteiger partial charge in [-0.2, -0.15) is 9.78 Å². The first kappa shape index (κ1) is 7.44. The molecule has 0 aromatic rings. The SMILES string of the molecule is O=C(OB(O)OO)C1OO1. The molecule has 1 aliphatic heterocycles. The van der Waals surface area contributed by atoms with E-state index in [0.717, 1.165) is 0 Å². The summed E-state index contributed by atoms with van der Waals surface area (Å²) in [6.07, 6.45) is -1.11. The van der Waals surface area contributed by atoms with Crippen molar-refractivity contribution in [1.29, 1.82) is 0 Å². The fourth-order valence-corrected chi connectivity index (χ4v) is 0.283. The summed E-state index contributed by atoms with van der Waals surface area (Å²) in [5, 5.41) is 16.0. The van der Waals surface area contributed by atoms with Crippen LogP contribution in [0.4, 0.5) is 0 Å². The predicted octanol–water partition coefficient (Wildman–Crippen LogP) is -1.72. The number of hydrogen-bond acceptors (Lipinski definition) is 7. The summed E-state index contributed by atoms with van der Waals surface area (Å²) in [6, 6.07) is 0. The normalized spacial score (nSPS) is 16.6. The number of carbonyl (C=O) groups is 1. The minimum Gasteiger partial charge on any atom is -0.480 e. The molecule has 0 atom stereocenters. The fourth-order valence-electron chi connectivity index (χ4n) is 0.283. The molecule has 8 heteroatoms. The highest BCUT2D eigenvalue weighted by atomic mass is 17.4. The second kappa shape index (κ2) is 2.95. The van der Waals surface area contributed by atoms with Gasteiger partial charge in [0.15, 0.2) is 0 Å². The van der Waals surface area contributed by atoms with Crippen LogP contribution in [0.3, 0.4) is 0 Å². The first-order chi connectivity index (χ1) is 4.74. The van der Waals surface area contributed by atoms with Gasteiger partial charge in [0, 0.05) is 0 Å². The Bertz CT molecular complexity index is 132. The van der Waals surface area contributed by atoms with Crippen LogP contribution in [0.1, 0.15) is 0 Å². The molecule has 1 fully saturated rings. The van der Waals surface area contributed by atoms with E-state index in [1.54, 1.807) is 0 Å². The summed E-state index contributed by atoms with van der Waals surface area (Å²) in [7, 11) is -2.00. The van der Waals surface area contributed by atoms with Crippen LogP contribution >= 0.6 is 0 Å². The lowest BCUT2D eigenvalue weighted by Crippen LogP contribution is -2.27. The van der Waals surface area contributed by atoms with E-state index in [2.05, 4.69) is 19.2 Å². The predicted molar refractivity (Wildman–Crippen MR) is 23.7 cm³/mol. The van der Waals surface area contributed by atoms with Crippen molar-refractivity contribution in [2.45, 2.75) is 6.29 Å². The molecule has 0 spiro atoms. The fraction of sp³-hybridized carbons (Fsp3) is 0.500. The molecule has 0 saturated carbocycles. The van der Waals surface area contributed by atoms with Crippen molar-refractivity contribution in [3.05, 3.63) is 0 Å². The third kappa shape index (κ3) is 1.93. The summed E-state index contributed by atoms with van der Waals surface area (Å²) in [5.74, 6) is -0.971. The molecule has 0 amide bonds. The summed E-state index contributed by atoms with van der Waals surface area (Å²) in [5.41, 5.74) is 0. The minimum atomic E-state index is -2.00. The van der Waals surface area contributed by atoms with Gasteiger partial charge in [-0.15, -0.1) is 0 Å². The summed E-state index contributed by atoms with van der Waals surface area (Å²) >= 11 is 0. The van der Waals surface area contributed by atoms with Gasteiger partial charge in [0.25, 0.3) is 0 Å². The third-order valence-electron chi connectivity index (χ3n) is 0.692. The van der Waals surface area contributed by atoms with Crippen LogP contribution in [0.2, 0.25) is 0 Å². The van der Waals surface area contributed by atoms with Crippen molar-refractivity contribution >= 4 is 13.3 Å². The first-order valence-electron chi connectivity index (χ1n) is 2.25. The summed E-state index contributed by atoms with van der Waals surface area (Å²) in [6.45, 7) is 0. The largest absolute Gasteiger partial charge is 0.740 e. The highest BCUT2D eigenvalue weighted by molar-refractivity contribution is 6.37. The Labute approximate surface area is 55.1 Å². The maximum absolute atomic E-state index is 10.4. The van der Waals surface area contributed by atoms with E-state index in [9.17, 15) is 4.79 Å². The molecule has 0 aliphatic carbocycles. The molecule has 1 heterocycles. The molecular weight excluding hydrogens is 147 g/mol. The minimum absolute atomic E-state index is 0.971. The lowest BCUT2D eigenvalue weighted by atomic mass is 10.2. The Morgan fingerprint density at radius 2 is 2.20 bits per heavy atom. The molecule has 0 bridgehead atoms. The number of carbonyl (C=O) groups excluding carboxylic acids is 1.